The quantitative estimate of drug-likeness (QED) is 0.0330. The van der Waals surface area contributed by atoms with Gasteiger partial charge >= 0.3 is 17.1 Å². The van der Waals surface area contributed by atoms with E-state index in [0.717, 1.165) is 22.3 Å². The van der Waals surface area contributed by atoms with Crippen LogP contribution in [0.15, 0.2) is 75.0 Å². The Hall–Kier alpha value is -6.55. The topological polar surface area (TPSA) is 218 Å². The molecule has 18 nitrogen and oxygen atoms in total. The third-order valence-electron chi connectivity index (χ3n) is 11.5. The largest absolute Gasteiger partial charge is 0.382 e. The number of fused-ring (bicyclic) bond motifs is 3. The molecule has 3 heterocycles. The summed E-state index contributed by atoms with van der Waals surface area (Å²) in [5, 5.41) is 0. The maximum atomic E-state index is 13.9. The zero-order chi connectivity index (χ0) is 49.6. The van der Waals surface area contributed by atoms with Gasteiger partial charge in [0.2, 0.25) is 0 Å². The number of ether oxygens (including phenoxy) is 9. The van der Waals surface area contributed by atoms with E-state index >= 15 is 0 Å². The van der Waals surface area contributed by atoms with Crippen molar-refractivity contribution in [1.29, 1.82) is 0 Å². The van der Waals surface area contributed by atoms with E-state index in [1.807, 2.05) is 30.3 Å². The number of H-pyrrole nitrogens is 5. The number of hydrogen-bond acceptors (Lipinski definition) is 12. The molecule has 0 bridgehead atoms. The molecule has 4 aromatic carbocycles. The Bertz CT molecular complexity index is 3080. The lowest BCUT2D eigenvalue weighted by Gasteiger charge is -2.19. The van der Waals surface area contributed by atoms with Gasteiger partial charge in [0.15, 0.2) is 0 Å². The predicted octanol–water partition coefficient (Wildman–Crippen LogP) is 4.18. The van der Waals surface area contributed by atoms with E-state index in [2.05, 4.69) is 60.7 Å². The molecule has 5 N–H and O–H groups in total. The zero-order valence-corrected chi connectivity index (χ0v) is 40.6. The van der Waals surface area contributed by atoms with Crippen molar-refractivity contribution in [3.63, 3.8) is 0 Å². The van der Waals surface area contributed by atoms with Crippen LogP contribution in [0.25, 0.3) is 33.1 Å². The first-order chi connectivity index (χ1) is 34.9. The van der Waals surface area contributed by atoms with Crippen LogP contribution in [0.3, 0.4) is 0 Å². The van der Waals surface area contributed by atoms with Crippen molar-refractivity contribution in [2.45, 2.75) is 25.8 Å². The molecule has 7 aromatic rings. The molecule has 0 unspecified atom stereocenters. The van der Waals surface area contributed by atoms with Gasteiger partial charge in [-0.15, -0.1) is 0 Å². The fourth-order valence-electron chi connectivity index (χ4n) is 8.04. The molecule has 0 spiro atoms. The van der Waals surface area contributed by atoms with Gasteiger partial charge < -0.3 is 67.6 Å². The summed E-state index contributed by atoms with van der Waals surface area (Å²) >= 11 is 0. The molecule has 3 aromatic heterocycles. The first-order valence-corrected chi connectivity index (χ1v) is 23.6. The molecular weight excluding hydrogens is 913 g/mol. The number of aromatic amines is 5. The smallest absolute Gasteiger partial charge is 0.326 e. The SMILES string of the molecule is COCCOCCOCCc1cc(Cn2c(=O)[nH]c3c(C#Cc4ccc(C#Cc5cccc6[nH]c(=O)[nH]c56)c5[nH]c(=O)[nH]c45)cccc32)cc(CCOCCOCCOC)c1CCOCCOCCOC. The summed E-state index contributed by atoms with van der Waals surface area (Å²) in [5.74, 6) is 12.7. The number of rotatable bonds is 29. The number of hydrogen-bond donors (Lipinski definition) is 5. The van der Waals surface area contributed by atoms with Crippen LogP contribution in [0.2, 0.25) is 0 Å². The van der Waals surface area contributed by atoms with Crippen LogP contribution in [0.1, 0.15) is 44.5 Å². The Kier molecular flexibility index (Phi) is 20.4. The van der Waals surface area contributed by atoms with Crippen LogP contribution in [0.4, 0.5) is 0 Å². The maximum absolute atomic E-state index is 13.9. The number of nitrogens with zero attached hydrogens (tertiary/aromatic N) is 1. The summed E-state index contributed by atoms with van der Waals surface area (Å²) in [6.07, 6.45) is 1.92. The van der Waals surface area contributed by atoms with Crippen molar-refractivity contribution in [3.8, 4) is 23.7 Å². The number of nitrogens with one attached hydrogen (secondary N) is 5. The Labute approximate surface area is 410 Å². The fourth-order valence-corrected chi connectivity index (χ4v) is 8.04. The minimum Gasteiger partial charge on any atom is -0.382 e. The van der Waals surface area contributed by atoms with Gasteiger partial charge in [0, 0.05) is 21.3 Å². The van der Waals surface area contributed by atoms with Crippen LogP contribution in [-0.2, 0) is 68.4 Å². The van der Waals surface area contributed by atoms with Crippen LogP contribution >= 0.6 is 0 Å². The average Bonchev–Trinajstić information content (AvgIpc) is 4.06. The predicted molar refractivity (Wildman–Crippen MR) is 270 cm³/mol. The van der Waals surface area contributed by atoms with Gasteiger partial charge in [-0.1, -0.05) is 47.9 Å². The van der Waals surface area contributed by atoms with E-state index < -0.39 is 5.69 Å². The lowest BCUT2D eigenvalue weighted by Crippen LogP contribution is -2.19. The van der Waals surface area contributed by atoms with E-state index in [0.29, 0.717) is 174 Å². The van der Waals surface area contributed by atoms with E-state index in [-0.39, 0.29) is 17.9 Å². The van der Waals surface area contributed by atoms with Crippen molar-refractivity contribution in [2.24, 2.45) is 0 Å². The summed E-state index contributed by atoms with van der Waals surface area (Å²) in [6.45, 7) is 7.51. The van der Waals surface area contributed by atoms with E-state index in [1.54, 1.807) is 44.1 Å². The van der Waals surface area contributed by atoms with Crippen molar-refractivity contribution < 1.29 is 42.6 Å². The molecule has 0 aliphatic carbocycles. The van der Waals surface area contributed by atoms with Crippen molar-refractivity contribution >= 4 is 33.1 Å². The minimum absolute atomic E-state index is 0.282. The second-order valence-electron chi connectivity index (χ2n) is 16.3. The molecule has 0 atom stereocenters. The third-order valence-corrected chi connectivity index (χ3v) is 11.5. The molecule has 0 radical (unpaired) electrons. The van der Waals surface area contributed by atoms with Gasteiger partial charge in [-0.25, -0.2) is 14.4 Å². The van der Waals surface area contributed by atoms with E-state index in [9.17, 15) is 14.4 Å². The summed E-state index contributed by atoms with van der Waals surface area (Å²) in [6, 6.07) is 18.9. The Morgan fingerprint density at radius 2 is 0.859 bits per heavy atom. The van der Waals surface area contributed by atoms with Crippen LogP contribution in [0.5, 0.6) is 0 Å². The highest BCUT2D eigenvalue weighted by atomic mass is 16.6. The van der Waals surface area contributed by atoms with Gasteiger partial charge in [0.1, 0.15) is 0 Å². The van der Waals surface area contributed by atoms with E-state index in [4.69, 9.17) is 42.6 Å². The van der Waals surface area contributed by atoms with Gasteiger partial charge in [-0.3, -0.25) is 4.57 Å². The number of methoxy groups -OCH3 is 3. The maximum Gasteiger partial charge on any atom is 0.326 e. The molecule has 0 fully saturated rings. The fraction of sp³-hybridized carbons (Fsp3) is 0.415. The summed E-state index contributed by atoms with van der Waals surface area (Å²) < 4.78 is 51.9. The Balaban J connectivity index is 1.14. The molecule has 71 heavy (non-hydrogen) atoms. The first-order valence-electron chi connectivity index (χ1n) is 23.6. The number of benzene rings is 4. The van der Waals surface area contributed by atoms with E-state index in [1.165, 1.54) is 0 Å². The van der Waals surface area contributed by atoms with Crippen molar-refractivity contribution in [3.05, 3.63) is 137 Å². The minimum atomic E-state index is -0.406. The van der Waals surface area contributed by atoms with Crippen molar-refractivity contribution in [1.82, 2.24) is 29.5 Å². The van der Waals surface area contributed by atoms with Gasteiger partial charge in [-0.2, -0.15) is 0 Å². The second-order valence-corrected chi connectivity index (χ2v) is 16.3. The van der Waals surface area contributed by atoms with Crippen LogP contribution < -0.4 is 17.1 Å². The van der Waals surface area contributed by atoms with Gasteiger partial charge in [-0.05, 0) is 77.9 Å². The Morgan fingerprint density at radius 3 is 1.38 bits per heavy atom. The second kappa shape index (κ2) is 27.7. The normalized spacial score (nSPS) is 11.4. The number of imidazole rings is 3. The standard InChI is InChI=1S/C53H62N6O12/c1-63-22-25-69-31-28-66-19-16-42-34-37(35-43(17-20-67-29-32-70-26-23-64-2)44(42)18-21-68-30-33-71-27-24-65-3)36-59-46-9-5-7-39(48(46)58-53(59)62)11-13-41-15-14-40(49-50(41)57-52(61)56-49)12-10-38-6-4-8-45-47(38)55-51(60)54-45/h4-9,14-15,34-35H,16-33,36H2,1-3H3,(H,58,62)(H2,54,55,60)(H2,56,57,61). The lowest BCUT2D eigenvalue weighted by atomic mass is 9.92. The first kappa shape index (κ1) is 52.3. The van der Waals surface area contributed by atoms with Crippen molar-refractivity contribution in [2.75, 3.05) is 120 Å². The molecule has 0 saturated heterocycles. The highest BCUT2D eigenvalue weighted by molar-refractivity contribution is 5.89. The monoisotopic (exact) mass is 974 g/mol. The van der Waals surface area contributed by atoms with Gasteiger partial charge in [0.25, 0.3) is 0 Å². The molecule has 0 aliphatic rings. The van der Waals surface area contributed by atoms with Gasteiger partial charge in [0.05, 0.1) is 161 Å². The molecular formula is C53H62N6O12. The summed E-state index contributed by atoms with van der Waals surface area (Å²) in [5.41, 5.74) is 9.17. The molecule has 0 amide bonds. The molecule has 7 rings (SSSR count). The average molecular weight is 975 g/mol. The van der Waals surface area contributed by atoms with Crippen LogP contribution in [0, 0.1) is 23.7 Å². The molecule has 0 saturated carbocycles. The molecule has 376 valence electrons. The highest BCUT2D eigenvalue weighted by Crippen LogP contribution is 2.24. The Morgan fingerprint density at radius 1 is 0.437 bits per heavy atom. The summed E-state index contributed by atoms with van der Waals surface area (Å²) in [7, 11) is 4.92. The summed E-state index contributed by atoms with van der Waals surface area (Å²) in [4.78, 5) is 52.8. The number of aromatic nitrogens is 6. The highest BCUT2D eigenvalue weighted by Gasteiger charge is 2.16. The third kappa shape index (κ3) is 15.0. The molecule has 18 heteroatoms. The number of para-hydroxylation sites is 2. The lowest BCUT2D eigenvalue weighted by molar-refractivity contribution is 0.0244. The zero-order valence-electron chi connectivity index (χ0n) is 40.6. The molecule has 0 aliphatic heterocycles. The van der Waals surface area contributed by atoms with Crippen LogP contribution in [-0.4, -0.2) is 150 Å².